The van der Waals surface area contributed by atoms with Gasteiger partial charge >= 0.3 is 5.70 Å². The van der Waals surface area contributed by atoms with Crippen molar-refractivity contribution in [2.45, 2.75) is 6.92 Å². The Morgan fingerprint density at radius 1 is 1.60 bits per heavy atom. The summed E-state index contributed by atoms with van der Waals surface area (Å²) in [4.78, 5) is 18.1. The van der Waals surface area contributed by atoms with E-state index >= 15 is 0 Å². The lowest BCUT2D eigenvalue weighted by Gasteiger charge is -1.98. The second kappa shape index (κ2) is 5.62. The largest absolute Gasteiger partial charge is 0.305 e. The molecule has 8 heteroatoms. The van der Waals surface area contributed by atoms with Crippen LogP contribution in [0.4, 0.5) is 0 Å². The Labute approximate surface area is 119 Å². The van der Waals surface area contributed by atoms with Crippen molar-refractivity contribution >= 4 is 22.8 Å². The molecule has 0 N–H and O–H groups in total. The van der Waals surface area contributed by atoms with Crippen molar-refractivity contribution in [2.75, 3.05) is 0 Å². The first-order valence-electron chi connectivity index (χ1n) is 5.54. The first-order chi connectivity index (χ1) is 9.54. The lowest BCUT2D eigenvalue weighted by Crippen LogP contribution is -2.00. The van der Waals surface area contributed by atoms with Gasteiger partial charge in [-0.1, -0.05) is 18.2 Å². The zero-order valence-electron chi connectivity index (χ0n) is 10.5. The van der Waals surface area contributed by atoms with E-state index in [2.05, 4.69) is 21.7 Å². The zero-order chi connectivity index (χ0) is 14.7. The van der Waals surface area contributed by atoms with Crippen LogP contribution in [0.2, 0.25) is 0 Å². The highest BCUT2D eigenvalue weighted by Crippen LogP contribution is 2.17. The average Bonchev–Trinajstić information content (AvgIpc) is 2.82. The van der Waals surface area contributed by atoms with Crippen LogP contribution in [0.15, 0.2) is 53.3 Å². The fraction of sp³-hybridized carbons (Fsp3) is 0.0833. The Balaban J connectivity index is 2.50. The van der Waals surface area contributed by atoms with Gasteiger partial charge < -0.3 is 0 Å². The van der Waals surface area contributed by atoms with Gasteiger partial charge in [-0.15, -0.1) is 0 Å². The minimum Gasteiger partial charge on any atom is -0.261 e. The van der Waals surface area contributed by atoms with Gasteiger partial charge in [0.2, 0.25) is 5.16 Å². The Morgan fingerprint density at radius 2 is 2.35 bits per heavy atom. The summed E-state index contributed by atoms with van der Waals surface area (Å²) in [6, 6.07) is 0. The number of nitro groups is 1. The summed E-state index contributed by atoms with van der Waals surface area (Å²) in [7, 11) is 0. The molecule has 0 saturated carbocycles. The molecule has 2 heterocycles. The molecule has 0 amide bonds. The molecule has 0 aliphatic carbocycles. The van der Waals surface area contributed by atoms with Crippen molar-refractivity contribution in [2.24, 2.45) is 4.99 Å². The lowest BCUT2D eigenvalue weighted by atomic mass is 10.2. The number of fused-ring (bicyclic) bond motifs is 1. The molecule has 0 aliphatic heterocycles. The first kappa shape index (κ1) is 13.9. The van der Waals surface area contributed by atoms with Crippen molar-refractivity contribution in [1.82, 2.24) is 14.6 Å². The number of aromatic nitrogens is 3. The standard InChI is InChI=1S/C12H10ClN5O2/c1-3-10(18(19)20)12(13)16-8(2)9-6-15-17-5-4-14-7-11(9)17/h3-7H,1H2,2H3/b12-10+,16-8+. The highest BCUT2D eigenvalue weighted by atomic mass is 35.5. The highest BCUT2D eigenvalue weighted by molar-refractivity contribution is 6.30. The maximum atomic E-state index is 10.7. The number of halogens is 1. The molecule has 0 radical (unpaired) electrons. The van der Waals surface area contributed by atoms with Crippen LogP contribution in [-0.4, -0.2) is 25.2 Å². The minimum atomic E-state index is -0.635. The summed E-state index contributed by atoms with van der Waals surface area (Å²) >= 11 is 5.84. The average molecular weight is 292 g/mol. The molecule has 0 aromatic carbocycles. The van der Waals surface area contributed by atoms with Crippen LogP contribution in [0.25, 0.3) is 5.52 Å². The van der Waals surface area contributed by atoms with Crippen molar-refractivity contribution in [3.63, 3.8) is 0 Å². The molecule has 102 valence electrons. The maximum absolute atomic E-state index is 10.7. The number of nitrogens with zero attached hydrogens (tertiary/aromatic N) is 5. The summed E-state index contributed by atoms with van der Waals surface area (Å²) in [5, 5.41) is 14.6. The molecule has 20 heavy (non-hydrogen) atoms. The number of hydrogen-bond donors (Lipinski definition) is 0. The molecule has 2 aromatic heterocycles. The summed E-state index contributed by atoms with van der Waals surface area (Å²) in [6.07, 6.45) is 7.57. The second-order valence-corrected chi connectivity index (χ2v) is 4.16. The van der Waals surface area contributed by atoms with Gasteiger partial charge in [-0.05, 0) is 6.92 Å². The van der Waals surface area contributed by atoms with E-state index in [4.69, 9.17) is 11.6 Å². The summed E-state index contributed by atoms with van der Waals surface area (Å²) < 4.78 is 1.63. The molecular formula is C12H10ClN5O2. The molecule has 2 rings (SSSR count). The quantitative estimate of drug-likeness (QED) is 0.284. The fourth-order valence-electron chi connectivity index (χ4n) is 1.61. The van der Waals surface area contributed by atoms with E-state index in [1.807, 2.05) is 0 Å². The SMILES string of the molecule is C=C/C(=C(Cl)\N=C(/C)c1cnn2ccncc12)[N+](=O)[O-]. The van der Waals surface area contributed by atoms with Gasteiger partial charge in [-0.3, -0.25) is 15.1 Å². The Bertz CT molecular complexity index is 747. The topological polar surface area (TPSA) is 85.7 Å². The molecule has 0 spiro atoms. The van der Waals surface area contributed by atoms with Gasteiger partial charge in [0.15, 0.2) is 0 Å². The number of rotatable bonds is 4. The van der Waals surface area contributed by atoms with Crippen LogP contribution in [0.5, 0.6) is 0 Å². The van der Waals surface area contributed by atoms with Crippen molar-refractivity contribution in [3.05, 3.63) is 64.0 Å². The smallest absolute Gasteiger partial charge is 0.261 e. The van der Waals surface area contributed by atoms with Gasteiger partial charge in [0.25, 0.3) is 0 Å². The molecule has 0 fully saturated rings. The molecule has 2 aromatic rings. The fourth-order valence-corrected chi connectivity index (χ4v) is 1.88. The third kappa shape index (κ3) is 2.57. The number of hydrogen-bond acceptors (Lipinski definition) is 5. The van der Waals surface area contributed by atoms with Gasteiger partial charge in [-0.25, -0.2) is 9.51 Å². The van der Waals surface area contributed by atoms with Crippen molar-refractivity contribution in [1.29, 1.82) is 0 Å². The van der Waals surface area contributed by atoms with Crippen LogP contribution in [-0.2, 0) is 0 Å². The molecule has 0 atom stereocenters. The first-order valence-corrected chi connectivity index (χ1v) is 5.92. The van der Waals surface area contributed by atoms with Crippen LogP contribution in [0, 0.1) is 10.1 Å². The predicted molar refractivity (Wildman–Crippen MR) is 75.3 cm³/mol. The van der Waals surface area contributed by atoms with E-state index in [1.54, 1.807) is 36.2 Å². The van der Waals surface area contributed by atoms with Crippen LogP contribution in [0.3, 0.4) is 0 Å². The molecule has 0 saturated heterocycles. The van der Waals surface area contributed by atoms with Gasteiger partial charge in [-0.2, -0.15) is 5.10 Å². The van der Waals surface area contributed by atoms with Gasteiger partial charge in [0, 0.05) is 24.0 Å². The number of allylic oxidation sites excluding steroid dienone is 1. The molecular weight excluding hydrogens is 282 g/mol. The van der Waals surface area contributed by atoms with E-state index in [-0.39, 0.29) is 10.9 Å². The van der Waals surface area contributed by atoms with Crippen molar-refractivity contribution in [3.8, 4) is 0 Å². The lowest BCUT2D eigenvalue weighted by molar-refractivity contribution is -0.419. The molecule has 0 aliphatic rings. The van der Waals surface area contributed by atoms with Crippen LogP contribution in [0.1, 0.15) is 12.5 Å². The predicted octanol–water partition coefficient (Wildman–Crippen LogP) is 2.41. The van der Waals surface area contributed by atoms with Crippen LogP contribution >= 0.6 is 11.6 Å². The Kier molecular flexibility index (Phi) is 3.90. The highest BCUT2D eigenvalue weighted by Gasteiger charge is 2.14. The second-order valence-electron chi connectivity index (χ2n) is 3.80. The summed E-state index contributed by atoms with van der Waals surface area (Å²) in [5.74, 6) is 0. The van der Waals surface area contributed by atoms with Gasteiger partial charge in [0.1, 0.15) is 0 Å². The maximum Gasteiger partial charge on any atom is 0.305 e. The van der Waals surface area contributed by atoms with Gasteiger partial charge in [0.05, 0.1) is 28.5 Å². The molecule has 0 unspecified atom stereocenters. The minimum absolute atomic E-state index is 0.231. The number of aliphatic imine (C=N–C) groups is 1. The Hall–Kier alpha value is -2.54. The molecule has 0 bridgehead atoms. The summed E-state index contributed by atoms with van der Waals surface area (Å²) in [6.45, 7) is 5.03. The third-order valence-corrected chi connectivity index (χ3v) is 2.86. The Morgan fingerprint density at radius 3 is 3.00 bits per heavy atom. The monoisotopic (exact) mass is 291 g/mol. The van der Waals surface area contributed by atoms with E-state index in [9.17, 15) is 10.1 Å². The molecule has 7 nitrogen and oxygen atoms in total. The normalized spacial score (nSPS) is 13.2. The van der Waals surface area contributed by atoms with E-state index < -0.39 is 4.92 Å². The van der Waals surface area contributed by atoms with E-state index in [1.165, 1.54) is 0 Å². The van der Waals surface area contributed by atoms with Crippen molar-refractivity contribution < 1.29 is 4.92 Å². The summed E-state index contributed by atoms with van der Waals surface area (Å²) in [5.41, 5.74) is 1.59. The van der Waals surface area contributed by atoms with E-state index in [0.29, 0.717) is 11.3 Å². The van der Waals surface area contributed by atoms with Crippen LogP contribution < -0.4 is 0 Å². The third-order valence-electron chi connectivity index (χ3n) is 2.58. The van der Waals surface area contributed by atoms with E-state index in [0.717, 1.165) is 11.6 Å². The zero-order valence-corrected chi connectivity index (χ0v) is 11.3.